The Kier molecular flexibility index (Phi) is 6.03. The molecule has 3 N–H and O–H groups in total. The van der Waals surface area contributed by atoms with Crippen LogP contribution in [0.25, 0.3) is 0 Å². The van der Waals surface area contributed by atoms with Gasteiger partial charge >= 0.3 is 0 Å². The topological polar surface area (TPSA) is 60.2 Å². The fraction of sp³-hybridized carbons (Fsp3) is 0.353. The van der Waals surface area contributed by atoms with E-state index >= 15 is 0 Å². The molecule has 0 saturated carbocycles. The SMILES string of the molecule is CCCNC(COc1ccccc1)Cc1ccnc(N)c1. The highest BCUT2D eigenvalue weighted by Gasteiger charge is 2.10. The van der Waals surface area contributed by atoms with Gasteiger partial charge in [-0.3, -0.25) is 0 Å². The number of nitrogen functional groups attached to an aromatic ring is 1. The summed E-state index contributed by atoms with van der Waals surface area (Å²) < 4.78 is 5.86. The molecule has 2 aromatic rings. The Labute approximate surface area is 126 Å². The molecule has 0 fully saturated rings. The van der Waals surface area contributed by atoms with Crippen LogP contribution in [0, 0.1) is 0 Å². The molecule has 0 bridgehead atoms. The first kappa shape index (κ1) is 15.3. The van der Waals surface area contributed by atoms with Crippen molar-refractivity contribution in [2.45, 2.75) is 25.8 Å². The van der Waals surface area contributed by atoms with Gasteiger partial charge in [-0.25, -0.2) is 4.98 Å². The first-order valence-corrected chi connectivity index (χ1v) is 7.39. The monoisotopic (exact) mass is 285 g/mol. The summed E-state index contributed by atoms with van der Waals surface area (Å²) in [5.41, 5.74) is 6.91. The Bertz CT molecular complexity index is 531. The van der Waals surface area contributed by atoms with Crippen LogP contribution in [0.3, 0.4) is 0 Å². The van der Waals surface area contributed by atoms with E-state index in [1.165, 1.54) is 5.56 Å². The van der Waals surface area contributed by atoms with E-state index in [0.29, 0.717) is 12.4 Å². The lowest BCUT2D eigenvalue weighted by Gasteiger charge is -2.19. The van der Waals surface area contributed by atoms with Crippen molar-refractivity contribution in [3.8, 4) is 5.75 Å². The quantitative estimate of drug-likeness (QED) is 0.783. The summed E-state index contributed by atoms with van der Waals surface area (Å²) >= 11 is 0. The predicted molar refractivity (Wildman–Crippen MR) is 86.4 cm³/mol. The first-order chi connectivity index (χ1) is 10.3. The van der Waals surface area contributed by atoms with E-state index < -0.39 is 0 Å². The minimum Gasteiger partial charge on any atom is -0.492 e. The Balaban J connectivity index is 1.94. The second kappa shape index (κ2) is 8.27. The third kappa shape index (κ3) is 5.44. The fourth-order valence-electron chi connectivity index (χ4n) is 2.16. The van der Waals surface area contributed by atoms with E-state index in [1.54, 1.807) is 6.20 Å². The minimum atomic E-state index is 0.256. The van der Waals surface area contributed by atoms with Crippen LogP contribution in [0.5, 0.6) is 5.75 Å². The first-order valence-electron chi connectivity index (χ1n) is 7.39. The zero-order chi connectivity index (χ0) is 14.9. The lowest BCUT2D eigenvalue weighted by atomic mass is 10.1. The van der Waals surface area contributed by atoms with Crippen molar-refractivity contribution < 1.29 is 4.74 Å². The number of rotatable bonds is 8. The second-order valence-electron chi connectivity index (χ2n) is 5.07. The van der Waals surface area contributed by atoms with Gasteiger partial charge in [-0.2, -0.15) is 0 Å². The van der Waals surface area contributed by atoms with Gasteiger partial charge in [0.25, 0.3) is 0 Å². The molecule has 1 atom stereocenters. The minimum absolute atomic E-state index is 0.256. The molecule has 1 unspecified atom stereocenters. The number of aromatic nitrogens is 1. The number of hydrogen-bond donors (Lipinski definition) is 2. The molecular formula is C17H23N3O. The van der Waals surface area contributed by atoms with Crippen LogP contribution in [0.1, 0.15) is 18.9 Å². The predicted octanol–water partition coefficient (Wildman–Crippen LogP) is 2.65. The van der Waals surface area contributed by atoms with Crippen molar-refractivity contribution in [3.63, 3.8) is 0 Å². The summed E-state index contributed by atoms with van der Waals surface area (Å²) in [6, 6.07) is 14.1. The zero-order valence-electron chi connectivity index (χ0n) is 12.5. The number of para-hydroxylation sites is 1. The molecule has 0 spiro atoms. The molecule has 1 aromatic heterocycles. The summed E-state index contributed by atoms with van der Waals surface area (Å²) in [5, 5.41) is 3.52. The molecule has 0 radical (unpaired) electrons. The molecule has 1 heterocycles. The molecule has 0 aliphatic rings. The van der Waals surface area contributed by atoms with Gasteiger partial charge in [0.2, 0.25) is 0 Å². The summed E-state index contributed by atoms with van der Waals surface area (Å²) in [4.78, 5) is 4.03. The van der Waals surface area contributed by atoms with Crippen molar-refractivity contribution in [3.05, 3.63) is 54.2 Å². The Morgan fingerprint density at radius 3 is 2.76 bits per heavy atom. The molecule has 112 valence electrons. The normalized spacial score (nSPS) is 12.0. The lowest BCUT2D eigenvalue weighted by molar-refractivity contribution is 0.263. The van der Waals surface area contributed by atoms with Crippen molar-refractivity contribution >= 4 is 5.82 Å². The van der Waals surface area contributed by atoms with E-state index in [4.69, 9.17) is 10.5 Å². The van der Waals surface area contributed by atoms with Gasteiger partial charge in [-0.1, -0.05) is 25.1 Å². The third-order valence-electron chi connectivity index (χ3n) is 3.21. The fourth-order valence-corrected chi connectivity index (χ4v) is 2.16. The number of benzene rings is 1. The van der Waals surface area contributed by atoms with Gasteiger partial charge in [0.05, 0.1) is 0 Å². The summed E-state index contributed by atoms with van der Waals surface area (Å²) in [7, 11) is 0. The number of pyridine rings is 1. The Morgan fingerprint density at radius 1 is 1.24 bits per heavy atom. The van der Waals surface area contributed by atoms with Gasteiger partial charge in [0, 0.05) is 12.2 Å². The van der Waals surface area contributed by atoms with Crippen molar-refractivity contribution in [1.29, 1.82) is 0 Å². The standard InChI is InChI=1S/C17H23N3O/c1-2-9-19-15(11-14-8-10-20-17(18)12-14)13-21-16-6-4-3-5-7-16/h3-8,10,12,15,19H,2,9,11,13H2,1H3,(H2,18,20). The number of ether oxygens (including phenoxy) is 1. The van der Waals surface area contributed by atoms with E-state index in [1.807, 2.05) is 42.5 Å². The van der Waals surface area contributed by atoms with Gasteiger partial charge < -0.3 is 15.8 Å². The average molecular weight is 285 g/mol. The lowest BCUT2D eigenvalue weighted by Crippen LogP contribution is -2.37. The molecule has 1 aromatic carbocycles. The number of anilines is 1. The van der Waals surface area contributed by atoms with Gasteiger partial charge in [-0.05, 0) is 49.2 Å². The highest BCUT2D eigenvalue weighted by Crippen LogP contribution is 2.11. The van der Waals surface area contributed by atoms with Crippen molar-refractivity contribution in [2.75, 3.05) is 18.9 Å². The Hall–Kier alpha value is -2.07. The van der Waals surface area contributed by atoms with Gasteiger partial charge in [-0.15, -0.1) is 0 Å². The molecule has 21 heavy (non-hydrogen) atoms. The maximum Gasteiger partial charge on any atom is 0.123 e. The number of nitrogens with zero attached hydrogens (tertiary/aromatic N) is 1. The van der Waals surface area contributed by atoms with E-state index in [9.17, 15) is 0 Å². The Morgan fingerprint density at radius 2 is 2.05 bits per heavy atom. The third-order valence-corrected chi connectivity index (χ3v) is 3.21. The largest absolute Gasteiger partial charge is 0.492 e. The van der Waals surface area contributed by atoms with Gasteiger partial charge in [0.15, 0.2) is 0 Å². The summed E-state index contributed by atoms with van der Waals surface area (Å²) in [5.74, 6) is 1.46. The number of nitrogens with one attached hydrogen (secondary N) is 1. The molecule has 0 saturated heterocycles. The van der Waals surface area contributed by atoms with Crippen LogP contribution in [0.4, 0.5) is 5.82 Å². The van der Waals surface area contributed by atoms with Crippen LogP contribution in [-0.4, -0.2) is 24.2 Å². The van der Waals surface area contributed by atoms with Crippen LogP contribution in [0.15, 0.2) is 48.7 Å². The van der Waals surface area contributed by atoms with Crippen molar-refractivity contribution in [2.24, 2.45) is 0 Å². The zero-order valence-corrected chi connectivity index (χ0v) is 12.5. The van der Waals surface area contributed by atoms with E-state index in [2.05, 4.69) is 17.2 Å². The van der Waals surface area contributed by atoms with Gasteiger partial charge in [0.1, 0.15) is 18.2 Å². The average Bonchev–Trinajstić information content (AvgIpc) is 2.51. The molecule has 4 heteroatoms. The number of nitrogens with two attached hydrogens (primary N) is 1. The highest BCUT2D eigenvalue weighted by atomic mass is 16.5. The molecule has 0 aliphatic carbocycles. The smallest absolute Gasteiger partial charge is 0.123 e. The molecule has 0 amide bonds. The summed E-state index contributed by atoms with van der Waals surface area (Å²) in [6.45, 7) is 3.77. The van der Waals surface area contributed by atoms with Crippen LogP contribution in [0.2, 0.25) is 0 Å². The van der Waals surface area contributed by atoms with E-state index in [0.717, 1.165) is 25.1 Å². The highest BCUT2D eigenvalue weighted by molar-refractivity contribution is 5.32. The maximum absolute atomic E-state index is 5.86. The summed E-state index contributed by atoms with van der Waals surface area (Å²) in [6.07, 6.45) is 3.72. The van der Waals surface area contributed by atoms with E-state index in [-0.39, 0.29) is 6.04 Å². The molecule has 4 nitrogen and oxygen atoms in total. The number of hydrogen-bond acceptors (Lipinski definition) is 4. The van der Waals surface area contributed by atoms with Crippen LogP contribution < -0.4 is 15.8 Å². The molecule has 2 rings (SSSR count). The maximum atomic E-state index is 5.86. The molecule has 0 aliphatic heterocycles. The second-order valence-corrected chi connectivity index (χ2v) is 5.07. The van der Waals surface area contributed by atoms with Crippen LogP contribution in [-0.2, 0) is 6.42 Å². The van der Waals surface area contributed by atoms with Crippen molar-refractivity contribution in [1.82, 2.24) is 10.3 Å². The molecular weight excluding hydrogens is 262 g/mol. The van der Waals surface area contributed by atoms with Crippen LogP contribution >= 0.6 is 0 Å².